The third-order valence-corrected chi connectivity index (χ3v) is 6.10. The average molecular weight is 422 g/mol. The van der Waals surface area contributed by atoms with Gasteiger partial charge in [0.1, 0.15) is 5.82 Å². The van der Waals surface area contributed by atoms with Crippen molar-refractivity contribution >= 4 is 31.7 Å². The van der Waals surface area contributed by atoms with Crippen LogP contribution in [0.4, 0.5) is 16.0 Å². The number of halogens is 1. The lowest BCUT2D eigenvalue weighted by Crippen LogP contribution is -2.16. The molecule has 2 aromatic carbocycles. The lowest BCUT2D eigenvalue weighted by Gasteiger charge is -2.10. The van der Waals surface area contributed by atoms with E-state index >= 15 is 0 Å². The van der Waals surface area contributed by atoms with Crippen LogP contribution in [0.3, 0.4) is 0 Å². The molecule has 0 fully saturated rings. The number of rotatable bonds is 7. The van der Waals surface area contributed by atoms with E-state index in [2.05, 4.69) is 19.4 Å². The molecule has 0 radical (unpaired) electrons. The molecule has 0 amide bonds. The van der Waals surface area contributed by atoms with Gasteiger partial charge < -0.3 is 0 Å². The van der Waals surface area contributed by atoms with Crippen LogP contribution in [-0.2, 0) is 25.8 Å². The fraction of sp³-hybridized carbons (Fsp3) is 0.0588. The van der Waals surface area contributed by atoms with Crippen LogP contribution in [0.15, 0.2) is 71.9 Å². The van der Waals surface area contributed by atoms with Crippen LogP contribution in [0, 0.1) is 5.82 Å². The Hall–Kier alpha value is -3.05. The summed E-state index contributed by atoms with van der Waals surface area (Å²) in [5.41, 5.74) is 0.609. The summed E-state index contributed by atoms with van der Waals surface area (Å²) in [6.45, 7) is 0. The van der Waals surface area contributed by atoms with Crippen molar-refractivity contribution in [2.75, 3.05) is 9.44 Å². The first kappa shape index (κ1) is 19.7. The Balaban J connectivity index is 1.70. The number of nitrogens with zero attached hydrogens (tertiary/aromatic N) is 2. The topological polar surface area (TPSA) is 118 Å². The van der Waals surface area contributed by atoms with Crippen molar-refractivity contribution in [2.24, 2.45) is 0 Å². The highest BCUT2D eigenvalue weighted by atomic mass is 32.2. The summed E-state index contributed by atoms with van der Waals surface area (Å²) in [6, 6.07) is 11.8. The fourth-order valence-electron chi connectivity index (χ4n) is 2.25. The molecular formula is C17H15FN4O4S2. The predicted molar refractivity (Wildman–Crippen MR) is 102 cm³/mol. The second-order valence-corrected chi connectivity index (χ2v) is 9.09. The lowest BCUT2D eigenvalue weighted by atomic mass is 10.2. The van der Waals surface area contributed by atoms with Gasteiger partial charge in [0.15, 0.2) is 0 Å². The van der Waals surface area contributed by atoms with E-state index in [0.717, 1.165) is 0 Å². The minimum atomic E-state index is -3.91. The largest absolute Gasteiger partial charge is 0.283 e. The van der Waals surface area contributed by atoms with E-state index < -0.39 is 25.9 Å². The number of nitrogens with one attached hydrogen (secondary N) is 2. The number of hydrogen-bond donors (Lipinski definition) is 2. The minimum absolute atomic E-state index is 0.0772. The van der Waals surface area contributed by atoms with Crippen molar-refractivity contribution in [3.63, 3.8) is 0 Å². The van der Waals surface area contributed by atoms with Crippen LogP contribution < -0.4 is 9.44 Å². The van der Waals surface area contributed by atoms with E-state index in [1.807, 2.05) is 0 Å². The van der Waals surface area contributed by atoms with E-state index in [1.54, 1.807) is 6.07 Å². The molecule has 0 unspecified atom stereocenters. The van der Waals surface area contributed by atoms with Gasteiger partial charge in [-0.2, -0.15) is 0 Å². The summed E-state index contributed by atoms with van der Waals surface area (Å²) in [5, 5.41) is 0. The standard InChI is InChI=1S/C17H15FN4O4S2/c18-14-4-2-13(3-5-14)12-27(23,24)21-15-6-8-16(9-7-15)28(25,26)22-17-19-10-1-11-20-17/h1-11,21H,12H2,(H,19,20,22). The third-order valence-electron chi connectivity index (χ3n) is 3.50. The molecule has 0 bridgehead atoms. The molecule has 8 nitrogen and oxygen atoms in total. The predicted octanol–water partition coefficient (Wildman–Crippen LogP) is 2.36. The van der Waals surface area contributed by atoms with Gasteiger partial charge in [-0.1, -0.05) is 12.1 Å². The molecule has 0 saturated heterocycles. The zero-order chi connectivity index (χ0) is 20.2. The Morgan fingerprint density at radius 1 is 0.821 bits per heavy atom. The molecule has 0 aliphatic carbocycles. The lowest BCUT2D eigenvalue weighted by molar-refractivity contribution is 0.599. The van der Waals surface area contributed by atoms with Crippen molar-refractivity contribution in [1.82, 2.24) is 9.97 Å². The number of sulfonamides is 2. The van der Waals surface area contributed by atoms with Crippen molar-refractivity contribution < 1.29 is 21.2 Å². The highest BCUT2D eigenvalue weighted by Crippen LogP contribution is 2.18. The molecule has 0 atom stereocenters. The van der Waals surface area contributed by atoms with Gasteiger partial charge in [0, 0.05) is 18.1 Å². The molecule has 146 valence electrons. The van der Waals surface area contributed by atoms with Crippen LogP contribution in [0.2, 0.25) is 0 Å². The number of aromatic nitrogens is 2. The van der Waals surface area contributed by atoms with Gasteiger partial charge >= 0.3 is 0 Å². The van der Waals surface area contributed by atoms with E-state index in [4.69, 9.17) is 0 Å². The number of hydrogen-bond acceptors (Lipinski definition) is 6. The number of anilines is 2. The van der Waals surface area contributed by atoms with Crippen LogP contribution in [-0.4, -0.2) is 26.8 Å². The van der Waals surface area contributed by atoms with Crippen LogP contribution in [0.5, 0.6) is 0 Å². The molecule has 3 rings (SSSR count). The third kappa shape index (κ3) is 5.24. The van der Waals surface area contributed by atoms with Gasteiger partial charge in [-0.25, -0.2) is 35.9 Å². The van der Waals surface area contributed by atoms with E-state index in [-0.39, 0.29) is 22.3 Å². The van der Waals surface area contributed by atoms with Crippen LogP contribution >= 0.6 is 0 Å². The second-order valence-electron chi connectivity index (χ2n) is 5.69. The van der Waals surface area contributed by atoms with Crippen molar-refractivity contribution in [3.05, 3.63) is 78.4 Å². The summed E-state index contributed by atoms with van der Waals surface area (Å²) in [6.07, 6.45) is 2.79. The molecule has 1 heterocycles. The van der Waals surface area contributed by atoms with Gasteiger partial charge in [-0.15, -0.1) is 0 Å². The SMILES string of the molecule is O=S(=O)(Cc1ccc(F)cc1)Nc1ccc(S(=O)(=O)Nc2ncccn2)cc1. The van der Waals surface area contributed by atoms with Crippen molar-refractivity contribution in [1.29, 1.82) is 0 Å². The summed E-state index contributed by atoms with van der Waals surface area (Å²) >= 11 is 0. The molecule has 1 aromatic heterocycles. The first-order valence-corrected chi connectivity index (χ1v) is 11.0. The Morgan fingerprint density at radius 3 is 2.04 bits per heavy atom. The van der Waals surface area contributed by atoms with Gasteiger partial charge in [-0.05, 0) is 48.0 Å². The smallest absolute Gasteiger partial charge is 0.264 e. The molecule has 0 saturated carbocycles. The Morgan fingerprint density at radius 2 is 1.43 bits per heavy atom. The zero-order valence-corrected chi connectivity index (χ0v) is 15.9. The van der Waals surface area contributed by atoms with E-state index in [9.17, 15) is 21.2 Å². The maximum atomic E-state index is 12.9. The molecule has 11 heteroatoms. The fourth-order valence-corrected chi connectivity index (χ4v) is 4.41. The first-order valence-electron chi connectivity index (χ1n) is 7.88. The maximum Gasteiger partial charge on any atom is 0.264 e. The highest BCUT2D eigenvalue weighted by Gasteiger charge is 2.17. The molecule has 0 aliphatic heterocycles. The normalized spacial score (nSPS) is 11.8. The average Bonchev–Trinajstić information content (AvgIpc) is 2.64. The van der Waals surface area contributed by atoms with E-state index in [0.29, 0.717) is 5.56 Å². The summed E-state index contributed by atoms with van der Waals surface area (Å²) in [7, 11) is -7.67. The maximum absolute atomic E-state index is 12.9. The van der Waals surface area contributed by atoms with Gasteiger partial charge in [0.2, 0.25) is 16.0 Å². The Labute approximate surface area is 161 Å². The van der Waals surface area contributed by atoms with Crippen molar-refractivity contribution in [2.45, 2.75) is 10.6 Å². The van der Waals surface area contributed by atoms with E-state index in [1.165, 1.54) is 60.9 Å². The van der Waals surface area contributed by atoms with Crippen LogP contribution in [0.25, 0.3) is 0 Å². The monoisotopic (exact) mass is 422 g/mol. The first-order chi connectivity index (χ1) is 13.2. The van der Waals surface area contributed by atoms with Gasteiger partial charge in [0.25, 0.3) is 10.0 Å². The molecular weight excluding hydrogens is 407 g/mol. The molecule has 0 spiro atoms. The van der Waals surface area contributed by atoms with Gasteiger partial charge in [0.05, 0.1) is 10.6 Å². The molecule has 3 aromatic rings. The zero-order valence-electron chi connectivity index (χ0n) is 14.3. The molecule has 0 aliphatic rings. The summed E-state index contributed by atoms with van der Waals surface area (Å²) in [4.78, 5) is 7.49. The van der Waals surface area contributed by atoms with Crippen LogP contribution in [0.1, 0.15) is 5.56 Å². The highest BCUT2D eigenvalue weighted by molar-refractivity contribution is 7.92. The quantitative estimate of drug-likeness (QED) is 0.603. The van der Waals surface area contributed by atoms with Gasteiger partial charge in [-0.3, -0.25) is 4.72 Å². The summed E-state index contributed by atoms with van der Waals surface area (Å²) in [5.74, 6) is -0.882. The Kier molecular flexibility index (Phi) is 5.56. The second kappa shape index (κ2) is 7.90. The minimum Gasteiger partial charge on any atom is -0.283 e. The molecule has 2 N–H and O–H groups in total. The number of benzene rings is 2. The Bertz CT molecular complexity index is 1150. The molecule has 28 heavy (non-hydrogen) atoms. The summed E-state index contributed by atoms with van der Waals surface area (Å²) < 4.78 is 66.5. The van der Waals surface area contributed by atoms with Crippen molar-refractivity contribution in [3.8, 4) is 0 Å².